The lowest BCUT2D eigenvalue weighted by atomic mass is 9.94. The van der Waals surface area contributed by atoms with Crippen molar-refractivity contribution < 1.29 is 28.1 Å². The summed E-state index contributed by atoms with van der Waals surface area (Å²) in [6.07, 6.45) is -2.18. The van der Waals surface area contributed by atoms with Crippen LogP contribution in [-0.4, -0.2) is 70.5 Å². The van der Waals surface area contributed by atoms with Gasteiger partial charge in [-0.1, -0.05) is 55.8 Å². The minimum absolute atomic E-state index is 0.0342. The maximum Gasteiger partial charge on any atom is 0.220 e. The molecular formula is C24H39N3O6SSi. The molecule has 0 amide bonds. The van der Waals surface area contributed by atoms with Crippen LogP contribution in [0.3, 0.4) is 0 Å². The largest absolute Gasteiger partial charge is 0.408 e. The van der Waals surface area contributed by atoms with E-state index in [1.807, 2.05) is 30.3 Å². The highest BCUT2D eigenvalue weighted by atomic mass is 32.2. The Morgan fingerprint density at radius 3 is 2.14 bits per heavy atom. The van der Waals surface area contributed by atoms with Crippen LogP contribution in [0.1, 0.15) is 34.6 Å². The van der Waals surface area contributed by atoms with E-state index in [1.54, 1.807) is 39.8 Å². The average molecular weight is 526 g/mol. The fourth-order valence-corrected chi connectivity index (χ4v) is 6.51. The van der Waals surface area contributed by atoms with Crippen molar-refractivity contribution in [1.82, 2.24) is 0 Å². The van der Waals surface area contributed by atoms with Gasteiger partial charge in [0.2, 0.25) is 11.6 Å². The lowest BCUT2D eigenvalue weighted by molar-refractivity contribution is -0.468. The molecule has 0 aromatic heterocycles. The number of hydrogen-bond acceptors (Lipinski definition) is 8. The first-order chi connectivity index (χ1) is 16.3. The van der Waals surface area contributed by atoms with E-state index in [4.69, 9.17) is 33.6 Å². The Morgan fingerprint density at radius 1 is 1.06 bits per heavy atom. The number of ether oxygens (including phenoxy) is 5. The minimum Gasteiger partial charge on any atom is -0.408 e. The molecule has 0 bridgehead atoms. The van der Waals surface area contributed by atoms with Crippen LogP contribution in [0.15, 0.2) is 40.3 Å². The molecule has 3 rings (SSSR count). The summed E-state index contributed by atoms with van der Waals surface area (Å²) in [7, 11) is 0.855. The maximum atomic E-state index is 9.02. The Balaban J connectivity index is 2.08. The molecule has 11 heteroatoms. The molecule has 7 atom stereocenters. The molecule has 0 aliphatic carbocycles. The highest BCUT2D eigenvalue weighted by molar-refractivity contribution is 7.99. The van der Waals surface area contributed by atoms with Gasteiger partial charge < -0.3 is 28.1 Å². The Morgan fingerprint density at radius 2 is 1.63 bits per heavy atom. The molecule has 35 heavy (non-hydrogen) atoms. The van der Waals surface area contributed by atoms with Crippen LogP contribution < -0.4 is 0 Å². The smallest absolute Gasteiger partial charge is 0.220 e. The monoisotopic (exact) mass is 525 g/mol. The lowest BCUT2D eigenvalue weighted by Crippen LogP contribution is -2.73. The second kappa shape index (κ2) is 10.7. The number of azide groups is 1. The van der Waals surface area contributed by atoms with Gasteiger partial charge in [-0.15, -0.1) is 0 Å². The van der Waals surface area contributed by atoms with Crippen LogP contribution in [-0.2, 0) is 28.1 Å². The number of hydrogen-bond donors (Lipinski definition) is 0. The first-order valence-corrected chi connectivity index (χ1v) is 15.6. The van der Waals surface area contributed by atoms with Crippen LogP contribution in [0.25, 0.3) is 10.4 Å². The van der Waals surface area contributed by atoms with Gasteiger partial charge in [0.25, 0.3) is 0 Å². The molecule has 196 valence electrons. The van der Waals surface area contributed by atoms with Gasteiger partial charge in [-0.05, 0) is 49.6 Å². The number of methoxy groups -OCH3 is 2. The molecule has 2 heterocycles. The predicted molar refractivity (Wildman–Crippen MR) is 138 cm³/mol. The van der Waals surface area contributed by atoms with Crippen molar-refractivity contribution >= 4 is 20.1 Å². The number of benzene rings is 1. The van der Waals surface area contributed by atoms with E-state index in [0.717, 1.165) is 4.90 Å². The van der Waals surface area contributed by atoms with Crippen molar-refractivity contribution in [3.63, 3.8) is 0 Å². The minimum atomic E-state index is -2.26. The summed E-state index contributed by atoms with van der Waals surface area (Å²) in [6, 6.07) is 10.0. The van der Waals surface area contributed by atoms with Crippen LogP contribution in [0.5, 0.6) is 0 Å². The molecule has 0 N–H and O–H groups in total. The highest BCUT2D eigenvalue weighted by Crippen LogP contribution is 2.48. The first-order valence-electron chi connectivity index (χ1n) is 11.8. The summed E-state index contributed by atoms with van der Waals surface area (Å²) >= 11 is 1.56. The lowest BCUT2D eigenvalue weighted by Gasteiger charge is -2.58. The molecule has 2 fully saturated rings. The van der Waals surface area contributed by atoms with E-state index in [9.17, 15) is 0 Å². The molecule has 0 radical (unpaired) electrons. The maximum absolute atomic E-state index is 9.02. The SMILES string of the molecule is CO[C@@]1(C)O[C@@H]2[C@H](O[Si](C)(C)C(C)(C)C)[C@@H](Sc3ccccc3)O[C@H](CN=[N+]=[N-])[C@H]2O[C@]1(C)OC. The van der Waals surface area contributed by atoms with Crippen LogP contribution >= 0.6 is 11.8 Å². The van der Waals surface area contributed by atoms with E-state index >= 15 is 0 Å². The van der Waals surface area contributed by atoms with E-state index in [-0.39, 0.29) is 11.6 Å². The van der Waals surface area contributed by atoms with Crippen molar-refractivity contribution in [3.05, 3.63) is 40.8 Å². The summed E-state index contributed by atoms with van der Waals surface area (Å²) in [6.45, 7) is 14.7. The zero-order chi connectivity index (χ0) is 26.1. The van der Waals surface area contributed by atoms with Crippen molar-refractivity contribution in [2.45, 2.75) is 99.1 Å². The van der Waals surface area contributed by atoms with E-state index in [1.165, 1.54) is 0 Å². The summed E-state index contributed by atoms with van der Waals surface area (Å²) < 4.78 is 38.3. The summed E-state index contributed by atoms with van der Waals surface area (Å²) in [4.78, 5) is 3.99. The number of nitrogens with zero attached hydrogens (tertiary/aromatic N) is 3. The normalized spacial score (nSPS) is 35.7. The Labute approximate surface area is 213 Å². The zero-order valence-corrected chi connectivity index (χ0v) is 24.0. The van der Waals surface area contributed by atoms with Crippen molar-refractivity contribution in [3.8, 4) is 0 Å². The van der Waals surface area contributed by atoms with Gasteiger partial charge in [-0.25, -0.2) is 0 Å². The molecule has 0 spiro atoms. The molecule has 2 aliphatic rings. The second-order valence-corrected chi connectivity index (χ2v) is 16.6. The summed E-state index contributed by atoms with van der Waals surface area (Å²) in [5, 5.41) is 3.77. The van der Waals surface area contributed by atoms with Gasteiger partial charge in [0.05, 0.1) is 12.6 Å². The molecule has 9 nitrogen and oxygen atoms in total. The van der Waals surface area contributed by atoms with Gasteiger partial charge in [0, 0.05) is 24.0 Å². The van der Waals surface area contributed by atoms with Gasteiger partial charge in [-0.2, -0.15) is 0 Å². The molecule has 0 saturated carbocycles. The van der Waals surface area contributed by atoms with Gasteiger partial charge in [0.15, 0.2) is 8.32 Å². The first kappa shape index (κ1) is 28.4. The molecule has 0 unspecified atom stereocenters. The molecule has 1 aromatic carbocycles. The van der Waals surface area contributed by atoms with Gasteiger partial charge >= 0.3 is 0 Å². The van der Waals surface area contributed by atoms with E-state index < -0.39 is 49.7 Å². The third-order valence-corrected chi connectivity index (χ3v) is 13.1. The van der Waals surface area contributed by atoms with Crippen molar-refractivity contribution in [2.75, 3.05) is 20.8 Å². The van der Waals surface area contributed by atoms with E-state index in [0.29, 0.717) is 0 Å². The molecule has 1 aromatic rings. The number of rotatable bonds is 8. The third-order valence-electron chi connectivity index (χ3n) is 7.47. The average Bonchev–Trinajstić information content (AvgIpc) is 2.80. The Hall–Kier alpha value is -1.14. The molecule has 2 aliphatic heterocycles. The second-order valence-electron chi connectivity index (χ2n) is 10.7. The van der Waals surface area contributed by atoms with Crippen molar-refractivity contribution in [2.24, 2.45) is 5.11 Å². The third kappa shape index (κ3) is 5.74. The Kier molecular flexibility index (Phi) is 8.68. The number of fused-ring (bicyclic) bond motifs is 1. The topological polar surface area (TPSA) is 104 Å². The quantitative estimate of drug-likeness (QED) is 0.185. The molecular weight excluding hydrogens is 486 g/mol. The van der Waals surface area contributed by atoms with Gasteiger partial charge in [0.1, 0.15) is 23.7 Å². The predicted octanol–water partition coefficient (Wildman–Crippen LogP) is 5.71. The van der Waals surface area contributed by atoms with Crippen molar-refractivity contribution in [1.29, 1.82) is 0 Å². The summed E-state index contributed by atoms with van der Waals surface area (Å²) in [5.41, 5.74) is 8.59. The standard InChI is InChI=1S/C24H39N3O6SSi/c1-22(2,3)35(8,9)33-20-19-18(31-23(4,28-6)24(5,29-7)32-19)17(15-26-27-25)30-21(20)34-16-13-11-10-12-14-16/h10-14,17-21H,15H2,1-9H3/t17-,18-,19+,20+,21-,23+,24+/m1/s1. The fraction of sp³-hybridized carbons (Fsp3) is 0.750. The van der Waals surface area contributed by atoms with Crippen LogP contribution in [0.2, 0.25) is 18.1 Å². The number of thioether (sulfide) groups is 1. The van der Waals surface area contributed by atoms with Crippen LogP contribution in [0.4, 0.5) is 0 Å². The van der Waals surface area contributed by atoms with Crippen LogP contribution in [0, 0.1) is 0 Å². The summed E-state index contributed by atoms with van der Waals surface area (Å²) in [5.74, 6) is -2.43. The fourth-order valence-electron chi connectivity index (χ4n) is 3.99. The molecule has 2 saturated heterocycles. The Bertz CT molecular complexity index is 912. The van der Waals surface area contributed by atoms with Gasteiger partial charge in [-0.3, -0.25) is 0 Å². The van der Waals surface area contributed by atoms with E-state index in [2.05, 4.69) is 43.9 Å². The highest BCUT2D eigenvalue weighted by Gasteiger charge is 2.63. The zero-order valence-electron chi connectivity index (χ0n) is 22.2.